The van der Waals surface area contributed by atoms with Crippen molar-refractivity contribution in [2.75, 3.05) is 25.1 Å². The number of anilines is 1. The van der Waals surface area contributed by atoms with Gasteiger partial charge in [-0.3, -0.25) is 0 Å². The molecule has 78 valence electrons. The largest absolute Gasteiger partial charge is 0.396 e. The van der Waals surface area contributed by atoms with E-state index in [0.29, 0.717) is 6.61 Å². The van der Waals surface area contributed by atoms with Crippen LogP contribution < -0.4 is 4.90 Å². The van der Waals surface area contributed by atoms with E-state index in [1.54, 1.807) is 0 Å². The number of benzene rings is 1. The zero-order chi connectivity index (χ0) is 10.4. The number of rotatable bonds is 5. The van der Waals surface area contributed by atoms with Crippen LogP contribution in [0.3, 0.4) is 0 Å². The Morgan fingerprint density at radius 2 is 2.07 bits per heavy atom. The van der Waals surface area contributed by atoms with Crippen molar-refractivity contribution in [3.05, 3.63) is 29.8 Å². The van der Waals surface area contributed by atoms with Crippen molar-refractivity contribution in [2.45, 2.75) is 19.8 Å². The Labute approximate surface area is 86.2 Å². The minimum Gasteiger partial charge on any atom is -0.396 e. The zero-order valence-electron chi connectivity index (χ0n) is 9.03. The second kappa shape index (κ2) is 5.66. The normalized spacial score (nSPS) is 10.2. The highest BCUT2D eigenvalue weighted by atomic mass is 16.2. The summed E-state index contributed by atoms with van der Waals surface area (Å²) < 4.78 is 0. The van der Waals surface area contributed by atoms with Crippen molar-refractivity contribution >= 4 is 5.69 Å². The summed E-state index contributed by atoms with van der Waals surface area (Å²) in [6.07, 6.45) is 1.93. The van der Waals surface area contributed by atoms with E-state index < -0.39 is 0 Å². The van der Waals surface area contributed by atoms with E-state index in [1.807, 2.05) is 0 Å². The van der Waals surface area contributed by atoms with Crippen molar-refractivity contribution in [2.24, 2.45) is 0 Å². The highest BCUT2D eigenvalue weighted by molar-refractivity contribution is 5.47. The summed E-state index contributed by atoms with van der Waals surface area (Å²) in [7, 11) is 2.09. The number of aliphatic hydroxyl groups excluding tert-OH is 1. The molecular weight excluding hydrogens is 174 g/mol. The first-order valence-electron chi connectivity index (χ1n) is 5.12. The molecular formula is C12H19NO. The monoisotopic (exact) mass is 193 g/mol. The number of nitrogens with zero attached hydrogens (tertiary/aromatic N) is 1. The average Bonchev–Trinajstić information content (AvgIpc) is 2.18. The van der Waals surface area contributed by atoms with Crippen molar-refractivity contribution in [3.63, 3.8) is 0 Å². The summed E-state index contributed by atoms with van der Waals surface area (Å²) in [6.45, 7) is 3.40. The van der Waals surface area contributed by atoms with E-state index in [9.17, 15) is 0 Å². The molecule has 0 fully saturated rings. The fraction of sp³-hybridized carbons (Fsp3) is 0.500. The van der Waals surface area contributed by atoms with Crippen LogP contribution in [-0.4, -0.2) is 25.3 Å². The van der Waals surface area contributed by atoms with Gasteiger partial charge in [0.2, 0.25) is 0 Å². The minimum atomic E-state index is 0.293. The Kier molecular flexibility index (Phi) is 4.47. The van der Waals surface area contributed by atoms with Crippen LogP contribution in [0.2, 0.25) is 0 Å². The first kappa shape index (κ1) is 11.1. The summed E-state index contributed by atoms with van der Waals surface area (Å²) in [6, 6.07) is 8.48. The lowest BCUT2D eigenvalue weighted by atomic mass is 10.2. The molecule has 2 heteroatoms. The first-order valence-corrected chi connectivity index (χ1v) is 5.12. The highest BCUT2D eigenvalue weighted by Crippen LogP contribution is 2.14. The van der Waals surface area contributed by atoms with Gasteiger partial charge in [0, 0.05) is 25.9 Å². The maximum atomic E-state index is 8.68. The molecule has 0 spiro atoms. The molecule has 0 unspecified atom stereocenters. The van der Waals surface area contributed by atoms with Gasteiger partial charge < -0.3 is 10.0 Å². The van der Waals surface area contributed by atoms with Crippen LogP contribution in [0.5, 0.6) is 0 Å². The maximum absolute atomic E-state index is 8.68. The molecule has 0 aliphatic heterocycles. The molecule has 14 heavy (non-hydrogen) atoms. The van der Waals surface area contributed by atoms with Gasteiger partial charge in [0.15, 0.2) is 0 Å². The van der Waals surface area contributed by atoms with Crippen LogP contribution in [0, 0.1) is 6.92 Å². The third-order valence-corrected chi connectivity index (χ3v) is 2.34. The minimum absolute atomic E-state index is 0.293. The number of aliphatic hydroxyl groups is 1. The fourth-order valence-electron chi connectivity index (χ4n) is 1.46. The molecule has 0 aliphatic carbocycles. The van der Waals surface area contributed by atoms with Gasteiger partial charge in [-0.05, 0) is 37.5 Å². The third kappa shape index (κ3) is 3.38. The molecule has 1 aromatic rings. The second-order valence-electron chi connectivity index (χ2n) is 3.69. The molecule has 0 aromatic heterocycles. The molecule has 0 amide bonds. The molecule has 1 N–H and O–H groups in total. The first-order chi connectivity index (χ1) is 6.74. The maximum Gasteiger partial charge on any atom is 0.0431 e. The number of unbranched alkanes of at least 4 members (excludes halogenated alkanes) is 1. The van der Waals surface area contributed by atoms with Crippen molar-refractivity contribution in [1.82, 2.24) is 0 Å². The third-order valence-electron chi connectivity index (χ3n) is 2.34. The van der Waals surface area contributed by atoms with Gasteiger partial charge in [-0.1, -0.05) is 12.1 Å². The van der Waals surface area contributed by atoms with Crippen LogP contribution >= 0.6 is 0 Å². The predicted molar refractivity (Wildman–Crippen MR) is 60.8 cm³/mol. The van der Waals surface area contributed by atoms with Gasteiger partial charge in [-0.15, -0.1) is 0 Å². The van der Waals surface area contributed by atoms with Gasteiger partial charge in [0.1, 0.15) is 0 Å². The second-order valence-corrected chi connectivity index (χ2v) is 3.69. The summed E-state index contributed by atoms with van der Waals surface area (Å²) in [5.74, 6) is 0. The summed E-state index contributed by atoms with van der Waals surface area (Å²) in [5.41, 5.74) is 2.54. The molecule has 0 bridgehead atoms. The van der Waals surface area contributed by atoms with Crippen molar-refractivity contribution in [3.8, 4) is 0 Å². The Morgan fingerprint density at radius 3 is 2.71 bits per heavy atom. The van der Waals surface area contributed by atoms with Crippen LogP contribution in [0.1, 0.15) is 18.4 Å². The van der Waals surface area contributed by atoms with E-state index in [2.05, 4.69) is 43.1 Å². The van der Waals surface area contributed by atoms with E-state index in [4.69, 9.17) is 5.11 Å². The summed E-state index contributed by atoms with van der Waals surface area (Å²) in [4.78, 5) is 2.22. The van der Waals surface area contributed by atoms with Crippen molar-refractivity contribution in [1.29, 1.82) is 0 Å². The van der Waals surface area contributed by atoms with Gasteiger partial charge >= 0.3 is 0 Å². The average molecular weight is 193 g/mol. The highest BCUT2D eigenvalue weighted by Gasteiger charge is 1.99. The predicted octanol–water partition coefficient (Wildman–Crippen LogP) is 2.20. The number of hydrogen-bond acceptors (Lipinski definition) is 2. The summed E-state index contributed by atoms with van der Waals surface area (Å²) >= 11 is 0. The Bertz CT molecular complexity index is 273. The molecule has 0 atom stereocenters. The lowest BCUT2D eigenvalue weighted by Crippen LogP contribution is -2.18. The van der Waals surface area contributed by atoms with Crippen molar-refractivity contribution < 1.29 is 5.11 Å². The lowest BCUT2D eigenvalue weighted by Gasteiger charge is -2.19. The Hall–Kier alpha value is -1.02. The topological polar surface area (TPSA) is 23.5 Å². The fourth-order valence-corrected chi connectivity index (χ4v) is 1.46. The standard InChI is InChI=1S/C12H19NO/c1-11-6-5-7-12(10-11)13(2)8-3-4-9-14/h5-7,10,14H,3-4,8-9H2,1-2H3. The smallest absolute Gasteiger partial charge is 0.0431 e. The molecule has 0 heterocycles. The quantitative estimate of drug-likeness (QED) is 0.725. The van der Waals surface area contributed by atoms with Gasteiger partial charge in [0.05, 0.1) is 0 Å². The van der Waals surface area contributed by atoms with E-state index in [1.165, 1.54) is 11.3 Å². The number of hydrogen-bond donors (Lipinski definition) is 1. The molecule has 0 aliphatic rings. The van der Waals surface area contributed by atoms with Gasteiger partial charge in [-0.25, -0.2) is 0 Å². The molecule has 0 radical (unpaired) electrons. The molecule has 1 rings (SSSR count). The zero-order valence-corrected chi connectivity index (χ0v) is 9.03. The lowest BCUT2D eigenvalue weighted by molar-refractivity contribution is 0.285. The van der Waals surface area contributed by atoms with Crippen LogP contribution in [0.25, 0.3) is 0 Å². The van der Waals surface area contributed by atoms with Gasteiger partial charge in [-0.2, -0.15) is 0 Å². The Balaban J connectivity index is 2.47. The number of aryl methyl sites for hydroxylation is 1. The van der Waals surface area contributed by atoms with E-state index in [0.717, 1.165) is 19.4 Å². The molecule has 0 saturated heterocycles. The molecule has 1 aromatic carbocycles. The summed E-state index contributed by atoms with van der Waals surface area (Å²) in [5, 5.41) is 8.68. The van der Waals surface area contributed by atoms with Crippen LogP contribution in [0.4, 0.5) is 5.69 Å². The van der Waals surface area contributed by atoms with Crippen LogP contribution in [0.15, 0.2) is 24.3 Å². The molecule has 2 nitrogen and oxygen atoms in total. The van der Waals surface area contributed by atoms with E-state index >= 15 is 0 Å². The van der Waals surface area contributed by atoms with Gasteiger partial charge in [0.25, 0.3) is 0 Å². The van der Waals surface area contributed by atoms with Crippen LogP contribution in [-0.2, 0) is 0 Å². The SMILES string of the molecule is Cc1cccc(N(C)CCCCO)c1. The van der Waals surface area contributed by atoms with E-state index in [-0.39, 0.29) is 0 Å². The Morgan fingerprint density at radius 1 is 1.29 bits per heavy atom. The molecule has 0 saturated carbocycles.